The van der Waals surface area contributed by atoms with E-state index in [9.17, 15) is 46.1 Å². The van der Waals surface area contributed by atoms with Crippen LogP contribution in [0.1, 0.15) is 12.8 Å². The molecule has 154 valence electrons. The Bertz CT molecular complexity index is 782. The highest BCUT2D eigenvalue weighted by Crippen LogP contribution is 2.57. The molecule has 0 fully saturated rings. The smallest absolute Gasteiger partial charge is 0.414 e. The maximum atomic E-state index is 13.3. The summed E-state index contributed by atoms with van der Waals surface area (Å²) in [6, 6.07) is 0. The molecule has 0 aromatic rings. The van der Waals surface area contributed by atoms with Crippen molar-refractivity contribution in [3.8, 4) is 0 Å². The van der Waals surface area contributed by atoms with Gasteiger partial charge in [0.25, 0.3) is 0 Å². The lowest BCUT2D eigenvalue weighted by Gasteiger charge is -2.45. The van der Waals surface area contributed by atoms with Gasteiger partial charge in [-0.1, -0.05) is 12.2 Å². The van der Waals surface area contributed by atoms with Crippen LogP contribution in [-0.4, -0.2) is 34.5 Å². The van der Waals surface area contributed by atoms with Crippen LogP contribution in [0, 0.1) is 10.8 Å². The highest BCUT2D eigenvalue weighted by atomic mass is 19.4. The summed E-state index contributed by atoms with van der Waals surface area (Å²) in [5.74, 6) is -4.10. The van der Waals surface area contributed by atoms with E-state index in [2.05, 4.69) is 0 Å². The Morgan fingerprint density at radius 1 is 0.786 bits per heavy atom. The first kappa shape index (κ1) is 21.4. The molecular formula is C16H14F6N2O4. The number of halogens is 6. The van der Waals surface area contributed by atoms with Crippen LogP contribution in [0.15, 0.2) is 46.8 Å². The molecule has 0 aromatic carbocycles. The number of carbonyl (C=O) groups is 2. The molecule has 0 saturated heterocycles. The lowest BCUT2D eigenvalue weighted by Crippen LogP contribution is -2.54. The maximum Gasteiger partial charge on any atom is 0.414 e. The number of hydrogen-bond donors (Lipinski definition) is 4. The van der Waals surface area contributed by atoms with Crippen LogP contribution in [0.3, 0.4) is 0 Å². The first-order chi connectivity index (χ1) is 12.6. The zero-order valence-electron chi connectivity index (χ0n) is 13.9. The van der Waals surface area contributed by atoms with Gasteiger partial charge in [0.2, 0.25) is 0 Å². The van der Waals surface area contributed by atoms with Crippen molar-refractivity contribution in [1.82, 2.24) is 0 Å². The number of nitrogens with two attached hydrogens (primary N) is 2. The van der Waals surface area contributed by atoms with Crippen molar-refractivity contribution in [2.24, 2.45) is 22.3 Å². The predicted octanol–water partition coefficient (Wildman–Crippen LogP) is 2.60. The summed E-state index contributed by atoms with van der Waals surface area (Å²) in [6.07, 6.45) is -10.9. The van der Waals surface area contributed by atoms with Gasteiger partial charge in [-0.05, 0) is 12.2 Å². The Labute approximate surface area is 153 Å². The molecule has 12 heteroatoms. The van der Waals surface area contributed by atoms with Crippen LogP contribution in [-0.2, 0) is 9.59 Å². The van der Waals surface area contributed by atoms with E-state index in [4.69, 9.17) is 11.5 Å². The fourth-order valence-corrected chi connectivity index (χ4v) is 3.36. The van der Waals surface area contributed by atoms with Crippen LogP contribution in [0.5, 0.6) is 0 Å². The zero-order valence-corrected chi connectivity index (χ0v) is 13.9. The molecule has 0 bridgehead atoms. The minimum atomic E-state index is -5.12. The first-order valence-corrected chi connectivity index (χ1v) is 7.55. The Kier molecular flexibility index (Phi) is 4.82. The molecule has 28 heavy (non-hydrogen) atoms. The lowest BCUT2D eigenvalue weighted by molar-refractivity contribution is -0.169. The fraction of sp³-hybridized carbons (Fsp3) is 0.375. The summed E-state index contributed by atoms with van der Waals surface area (Å²) >= 11 is 0. The van der Waals surface area contributed by atoms with Gasteiger partial charge in [0.15, 0.2) is 0 Å². The van der Waals surface area contributed by atoms with E-state index >= 15 is 0 Å². The third-order valence-corrected chi connectivity index (χ3v) is 4.95. The summed E-state index contributed by atoms with van der Waals surface area (Å²) in [6.45, 7) is 0. The van der Waals surface area contributed by atoms with Crippen molar-refractivity contribution in [3.63, 3.8) is 0 Å². The number of hydrogen-bond acceptors (Lipinski definition) is 4. The Morgan fingerprint density at radius 2 is 1.07 bits per heavy atom. The van der Waals surface area contributed by atoms with Crippen LogP contribution >= 0.6 is 0 Å². The molecule has 0 aromatic heterocycles. The van der Waals surface area contributed by atoms with E-state index in [1.165, 1.54) is 0 Å². The molecule has 2 atom stereocenters. The van der Waals surface area contributed by atoms with Gasteiger partial charge < -0.3 is 21.7 Å². The highest BCUT2D eigenvalue weighted by Gasteiger charge is 2.64. The van der Waals surface area contributed by atoms with E-state index < -0.39 is 70.5 Å². The molecule has 0 spiro atoms. The topological polar surface area (TPSA) is 127 Å². The number of allylic oxidation sites excluding steroid dienone is 4. The third kappa shape index (κ3) is 3.12. The van der Waals surface area contributed by atoms with Gasteiger partial charge in [0, 0.05) is 24.2 Å². The molecule has 0 aliphatic heterocycles. The largest absolute Gasteiger partial charge is 0.481 e. The van der Waals surface area contributed by atoms with Crippen molar-refractivity contribution in [2.45, 2.75) is 25.2 Å². The molecule has 0 amide bonds. The van der Waals surface area contributed by atoms with Crippen LogP contribution < -0.4 is 11.5 Å². The van der Waals surface area contributed by atoms with Gasteiger partial charge >= 0.3 is 24.3 Å². The Morgan fingerprint density at radius 3 is 1.29 bits per heavy atom. The molecule has 0 saturated carbocycles. The van der Waals surface area contributed by atoms with Gasteiger partial charge in [0.1, 0.15) is 10.8 Å². The SMILES string of the molecule is NC1=C(C(F)(F)F)C[C@](C(=O)O)([C@]2(C(=O)O)C=CC(N)=C(C(F)(F)F)C2)C=C1. The summed E-state index contributed by atoms with van der Waals surface area (Å²) in [4.78, 5) is 24.0. The van der Waals surface area contributed by atoms with Gasteiger partial charge in [-0.3, -0.25) is 9.59 Å². The monoisotopic (exact) mass is 412 g/mol. The number of aliphatic carboxylic acids is 2. The van der Waals surface area contributed by atoms with Crippen molar-refractivity contribution < 1.29 is 46.1 Å². The summed E-state index contributed by atoms with van der Waals surface area (Å²) in [7, 11) is 0. The summed E-state index contributed by atoms with van der Waals surface area (Å²) < 4.78 is 79.7. The first-order valence-electron chi connectivity index (χ1n) is 7.55. The van der Waals surface area contributed by atoms with Crippen molar-refractivity contribution in [2.75, 3.05) is 0 Å². The standard InChI is InChI=1S/C16H14F6N2O4/c17-15(18,19)7-5-13(11(25)26,3-1-9(7)23)14(12(27)28)4-2-10(24)8(6-14)16(20,21)22/h1-4H,5-6,23-24H2,(H,25,26)(H,27,28)/t13-,14-/m1/s1. The Balaban J connectivity index is 2.75. The van der Waals surface area contributed by atoms with Gasteiger partial charge in [-0.15, -0.1) is 0 Å². The van der Waals surface area contributed by atoms with Crippen molar-refractivity contribution in [1.29, 1.82) is 0 Å². The van der Waals surface area contributed by atoms with Gasteiger partial charge in [-0.25, -0.2) is 0 Å². The lowest BCUT2D eigenvalue weighted by atomic mass is 9.55. The quantitative estimate of drug-likeness (QED) is 0.528. The summed E-state index contributed by atoms with van der Waals surface area (Å²) in [5.41, 5.74) is -0.0404. The third-order valence-electron chi connectivity index (χ3n) is 4.95. The van der Waals surface area contributed by atoms with E-state index in [-0.39, 0.29) is 0 Å². The molecule has 6 N–H and O–H groups in total. The molecular weight excluding hydrogens is 398 g/mol. The average Bonchev–Trinajstić information content (AvgIpc) is 2.53. The normalized spacial score (nSPS) is 28.6. The number of alkyl halides is 6. The maximum absolute atomic E-state index is 13.3. The Hall–Kier alpha value is -2.92. The fourth-order valence-electron chi connectivity index (χ4n) is 3.36. The number of carboxylic acid groups (broad SMARTS) is 2. The molecule has 6 nitrogen and oxygen atoms in total. The van der Waals surface area contributed by atoms with E-state index in [0.29, 0.717) is 24.3 Å². The second kappa shape index (κ2) is 6.31. The zero-order chi connectivity index (χ0) is 21.7. The average molecular weight is 412 g/mol. The molecule has 0 unspecified atom stereocenters. The van der Waals surface area contributed by atoms with Crippen LogP contribution in [0.4, 0.5) is 26.3 Å². The van der Waals surface area contributed by atoms with Crippen LogP contribution in [0.2, 0.25) is 0 Å². The van der Waals surface area contributed by atoms with Gasteiger partial charge in [0.05, 0.1) is 11.1 Å². The van der Waals surface area contributed by atoms with E-state index in [1.54, 1.807) is 0 Å². The second-order valence-electron chi connectivity index (χ2n) is 6.44. The van der Waals surface area contributed by atoms with Crippen LogP contribution in [0.25, 0.3) is 0 Å². The number of carboxylic acids is 2. The molecule has 0 radical (unpaired) electrons. The molecule has 2 aliphatic rings. The molecule has 2 aliphatic carbocycles. The highest BCUT2D eigenvalue weighted by molar-refractivity contribution is 5.91. The van der Waals surface area contributed by atoms with Crippen molar-refractivity contribution >= 4 is 11.9 Å². The number of rotatable bonds is 3. The predicted molar refractivity (Wildman–Crippen MR) is 82.2 cm³/mol. The summed E-state index contributed by atoms with van der Waals surface area (Å²) in [5, 5.41) is 19.3. The second-order valence-corrected chi connectivity index (χ2v) is 6.44. The minimum Gasteiger partial charge on any atom is -0.481 e. The van der Waals surface area contributed by atoms with Gasteiger partial charge in [-0.2, -0.15) is 26.3 Å². The van der Waals surface area contributed by atoms with E-state index in [0.717, 1.165) is 0 Å². The van der Waals surface area contributed by atoms with Crippen molar-refractivity contribution in [3.05, 3.63) is 46.8 Å². The minimum absolute atomic E-state index is 0.550. The molecule has 0 heterocycles. The van der Waals surface area contributed by atoms with E-state index in [1.807, 2.05) is 0 Å². The molecule has 2 rings (SSSR count).